The number of amides is 2. The Kier molecular flexibility index (Phi) is 10.8. The summed E-state index contributed by atoms with van der Waals surface area (Å²) in [4.78, 5) is 23.4. The van der Waals surface area contributed by atoms with Gasteiger partial charge in [-0.25, -0.2) is 4.79 Å². The van der Waals surface area contributed by atoms with Crippen molar-refractivity contribution in [1.82, 2.24) is 10.6 Å². The van der Waals surface area contributed by atoms with Crippen LogP contribution in [0.2, 0.25) is 18.1 Å². The first-order chi connectivity index (χ1) is 12.7. The van der Waals surface area contributed by atoms with E-state index in [1.807, 2.05) is 19.1 Å². The molecule has 0 aromatic carbocycles. The minimum atomic E-state index is -1.86. The first kappa shape index (κ1) is 26.4. The molecule has 7 heteroatoms. The van der Waals surface area contributed by atoms with Crippen LogP contribution in [0.5, 0.6) is 0 Å². The molecule has 2 amide bonds. The summed E-state index contributed by atoms with van der Waals surface area (Å²) in [5.41, 5.74) is -0.591. The second kappa shape index (κ2) is 11.4. The van der Waals surface area contributed by atoms with Crippen molar-refractivity contribution < 1.29 is 18.8 Å². The topological polar surface area (TPSA) is 76.7 Å². The predicted molar refractivity (Wildman–Crippen MR) is 118 cm³/mol. The number of carbonyl (C=O) groups excluding carboxylic acids is 2. The van der Waals surface area contributed by atoms with Crippen LogP contribution in [-0.4, -0.2) is 38.6 Å². The molecule has 0 aromatic rings. The van der Waals surface area contributed by atoms with Gasteiger partial charge in [0.2, 0.25) is 5.91 Å². The van der Waals surface area contributed by atoms with Crippen molar-refractivity contribution in [3.8, 4) is 0 Å². The Hall–Kier alpha value is -1.60. The van der Waals surface area contributed by atoms with E-state index < -0.39 is 20.0 Å². The highest BCUT2D eigenvalue weighted by atomic mass is 28.4. The molecule has 28 heavy (non-hydrogen) atoms. The molecule has 0 aliphatic rings. The van der Waals surface area contributed by atoms with Crippen LogP contribution in [0.15, 0.2) is 24.4 Å². The van der Waals surface area contributed by atoms with Gasteiger partial charge < -0.3 is 19.8 Å². The third-order valence-corrected chi connectivity index (χ3v) is 8.99. The van der Waals surface area contributed by atoms with Gasteiger partial charge in [-0.3, -0.25) is 4.79 Å². The lowest BCUT2D eigenvalue weighted by atomic mass is 10.2. The van der Waals surface area contributed by atoms with Crippen molar-refractivity contribution in [2.45, 2.75) is 91.1 Å². The SMILES string of the molecule is C/C=C\C[C@@H](C/C=C\NC(=O)CNC(=O)OC(C)(C)C)O[Si](C)(C)C(C)(C)C. The Labute approximate surface area is 172 Å². The van der Waals surface area contributed by atoms with Crippen molar-refractivity contribution in [3.63, 3.8) is 0 Å². The fraction of sp³-hybridized carbons (Fsp3) is 0.714. The highest BCUT2D eigenvalue weighted by Crippen LogP contribution is 2.38. The molecule has 0 saturated carbocycles. The third kappa shape index (κ3) is 12.0. The summed E-state index contributed by atoms with van der Waals surface area (Å²) in [6.45, 7) is 18.3. The van der Waals surface area contributed by atoms with Gasteiger partial charge in [-0.1, -0.05) is 39.0 Å². The zero-order valence-electron chi connectivity index (χ0n) is 19.1. The molecule has 0 aliphatic carbocycles. The normalized spacial score (nSPS) is 14.3. The molecule has 0 radical (unpaired) electrons. The number of ether oxygens (including phenoxy) is 1. The van der Waals surface area contributed by atoms with E-state index >= 15 is 0 Å². The zero-order chi connectivity index (χ0) is 22.0. The van der Waals surface area contributed by atoms with Gasteiger partial charge in [0, 0.05) is 0 Å². The zero-order valence-corrected chi connectivity index (χ0v) is 20.1. The Bertz CT molecular complexity index is 558. The van der Waals surface area contributed by atoms with Gasteiger partial charge in [-0.2, -0.15) is 0 Å². The maximum atomic E-state index is 11.8. The molecule has 0 heterocycles. The van der Waals surface area contributed by atoms with Crippen LogP contribution < -0.4 is 10.6 Å². The van der Waals surface area contributed by atoms with E-state index in [0.29, 0.717) is 6.42 Å². The number of allylic oxidation sites excluding steroid dienone is 1. The summed E-state index contributed by atoms with van der Waals surface area (Å²) < 4.78 is 11.6. The Morgan fingerprint density at radius 2 is 1.61 bits per heavy atom. The fourth-order valence-electron chi connectivity index (χ4n) is 1.96. The quantitative estimate of drug-likeness (QED) is 0.418. The highest BCUT2D eigenvalue weighted by molar-refractivity contribution is 6.74. The highest BCUT2D eigenvalue weighted by Gasteiger charge is 2.38. The number of carbonyl (C=O) groups is 2. The van der Waals surface area contributed by atoms with Crippen molar-refractivity contribution in [2.24, 2.45) is 0 Å². The van der Waals surface area contributed by atoms with E-state index in [9.17, 15) is 9.59 Å². The fourth-order valence-corrected chi connectivity index (χ4v) is 3.34. The molecule has 0 fully saturated rings. The molecule has 0 bridgehead atoms. The van der Waals surface area contributed by atoms with E-state index in [1.165, 1.54) is 0 Å². The van der Waals surface area contributed by atoms with E-state index in [-0.39, 0.29) is 23.6 Å². The predicted octanol–water partition coefficient (Wildman–Crippen LogP) is 4.89. The van der Waals surface area contributed by atoms with Gasteiger partial charge in [0.25, 0.3) is 0 Å². The molecule has 0 aliphatic heterocycles. The minimum Gasteiger partial charge on any atom is -0.444 e. The molecule has 1 atom stereocenters. The molecule has 0 saturated heterocycles. The molecule has 2 N–H and O–H groups in total. The van der Waals surface area contributed by atoms with E-state index in [1.54, 1.807) is 27.0 Å². The van der Waals surface area contributed by atoms with Gasteiger partial charge in [-0.05, 0) is 64.9 Å². The van der Waals surface area contributed by atoms with Crippen LogP contribution >= 0.6 is 0 Å². The van der Waals surface area contributed by atoms with Crippen LogP contribution in [-0.2, 0) is 14.0 Å². The number of hydrogen-bond donors (Lipinski definition) is 2. The number of alkyl carbamates (subject to hydrolysis) is 1. The summed E-state index contributed by atoms with van der Waals surface area (Å²) in [6, 6.07) is 0. The number of rotatable bonds is 9. The van der Waals surface area contributed by atoms with Crippen molar-refractivity contribution in [1.29, 1.82) is 0 Å². The molecular formula is C21H40N2O4Si. The monoisotopic (exact) mass is 412 g/mol. The summed E-state index contributed by atoms with van der Waals surface area (Å²) in [5, 5.41) is 5.23. The maximum absolute atomic E-state index is 11.8. The average Bonchev–Trinajstić information content (AvgIpc) is 2.51. The lowest BCUT2D eigenvalue weighted by Crippen LogP contribution is -2.43. The lowest BCUT2D eigenvalue weighted by molar-refractivity contribution is -0.119. The van der Waals surface area contributed by atoms with Gasteiger partial charge >= 0.3 is 6.09 Å². The molecule has 0 rings (SSSR count). The first-order valence-corrected chi connectivity index (χ1v) is 12.8. The molecule has 0 unspecified atom stereocenters. The van der Waals surface area contributed by atoms with Crippen LogP contribution in [0.1, 0.15) is 61.3 Å². The molecule has 0 spiro atoms. The molecule has 0 aromatic heterocycles. The van der Waals surface area contributed by atoms with Gasteiger partial charge in [0.05, 0.1) is 6.10 Å². The Balaban J connectivity index is 4.52. The maximum Gasteiger partial charge on any atom is 0.408 e. The molecular weight excluding hydrogens is 372 g/mol. The summed E-state index contributed by atoms with van der Waals surface area (Å²) in [6.07, 6.45) is 8.64. The second-order valence-electron chi connectivity index (χ2n) is 9.37. The van der Waals surface area contributed by atoms with E-state index in [0.717, 1.165) is 6.42 Å². The van der Waals surface area contributed by atoms with Crippen LogP contribution in [0.3, 0.4) is 0 Å². The van der Waals surface area contributed by atoms with Crippen molar-refractivity contribution in [2.75, 3.05) is 6.54 Å². The van der Waals surface area contributed by atoms with Gasteiger partial charge in [0.15, 0.2) is 8.32 Å². The average molecular weight is 413 g/mol. The largest absolute Gasteiger partial charge is 0.444 e. The smallest absolute Gasteiger partial charge is 0.408 e. The first-order valence-electron chi connectivity index (χ1n) is 9.88. The van der Waals surface area contributed by atoms with Crippen LogP contribution in [0, 0.1) is 0 Å². The van der Waals surface area contributed by atoms with Crippen LogP contribution in [0.4, 0.5) is 4.79 Å². The van der Waals surface area contributed by atoms with Crippen molar-refractivity contribution >= 4 is 20.3 Å². The summed E-state index contributed by atoms with van der Waals surface area (Å²) >= 11 is 0. The Morgan fingerprint density at radius 3 is 2.11 bits per heavy atom. The minimum absolute atomic E-state index is 0.0742. The van der Waals surface area contributed by atoms with Gasteiger partial charge in [-0.15, -0.1) is 0 Å². The van der Waals surface area contributed by atoms with E-state index in [2.05, 4.69) is 50.6 Å². The number of hydrogen-bond acceptors (Lipinski definition) is 4. The van der Waals surface area contributed by atoms with E-state index in [4.69, 9.17) is 9.16 Å². The standard InChI is InChI=1S/C21H40N2O4Si/c1-10-11-13-17(27-28(8,9)21(5,6)7)14-12-15-22-18(24)16-23-19(25)26-20(2,3)4/h10-12,15,17H,13-14,16H2,1-9H3,(H,22,24)(H,23,25)/b11-10-,15-12-/t17-/m0/s1. The second-order valence-corrected chi connectivity index (χ2v) is 14.1. The van der Waals surface area contributed by atoms with Crippen LogP contribution in [0.25, 0.3) is 0 Å². The van der Waals surface area contributed by atoms with Gasteiger partial charge in [0.1, 0.15) is 12.1 Å². The number of nitrogens with one attached hydrogen (secondary N) is 2. The molecule has 6 nitrogen and oxygen atoms in total. The summed E-state index contributed by atoms with van der Waals surface area (Å²) in [5.74, 6) is -0.308. The Morgan fingerprint density at radius 1 is 1.04 bits per heavy atom. The lowest BCUT2D eigenvalue weighted by Gasteiger charge is -2.39. The summed E-state index contributed by atoms with van der Waals surface area (Å²) in [7, 11) is -1.86. The third-order valence-electron chi connectivity index (χ3n) is 4.46. The van der Waals surface area contributed by atoms with Crippen molar-refractivity contribution in [3.05, 3.63) is 24.4 Å². The molecule has 162 valence electrons.